The van der Waals surface area contributed by atoms with Gasteiger partial charge in [-0.1, -0.05) is 13.8 Å². The van der Waals surface area contributed by atoms with Crippen LogP contribution in [0.4, 0.5) is 5.69 Å². The van der Waals surface area contributed by atoms with Gasteiger partial charge in [0.25, 0.3) is 0 Å². The fraction of sp³-hybridized carbons (Fsp3) is 0.625. The summed E-state index contributed by atoms with van der Waals surface area (Å²) < 4.78 is 8.10. The van der Waals surface area contributed by atoms with E-state index in [0.29, 0.717) is 12.1 Å². The number of aryl methyl sites for hydroxylation is 1. The lowest BCUT2D eigenvalue weighted by atomic mass is 9.61. The molecule has 0 spiro atoms. The molecule has 0 radical (unpaired) electrons. The third-order valence-electron chi connectivity index (χ3n) is 4.62. The molecule has 0 saturated heterocycles. The van der Waals surface area contributed by atoms with Crippen LogP contribution in [0, 0.1) is 12.3 Å². The minimum Gasteiger partial charge on any atom is -0.380 e. The third-order valence-corrected chi connectivity index (χ3v) is 5.87. The smallest absolute Gasteiger partial charge is 0.0667 e. The molecule has 112 valence electrons. The molecule has 3 unspecified atom stereocenters. The van der Waals surface area contributed by atoms with E-state index < -0.39 is 0 Å². The molecule has 3 atom stereocenters. The first kappa shape index (κ1) is 16.3. The first-order valence-corrected chi connectivity index (χ1v) is 8.84. The molecule has 2 rings (SSSR count). The van der Waals surface area contributed by atoms with Crippen molar-refractivity contribution >= 4 is 37.5 Å². The second-order valence-corrected chi connectivity index (χ2v) is 7.55. The first-order chi connectivity index (χ1) is 9.42. The maximum absolute atomic E-state index is 5.87. The minimum atomic E-state index is 0.208. The Morgan fingerprint density at radius 1 is 1.30 bits per heavy atom. The lowest BCUT2D eigenvalue weighted by Gasteiger charge is -2.54. The van der Waals surface area contributed by atoms with Gasteiger partial charge < -0.3 is 10.1 Å². The topological polar surface area (TPSA) is 21.3 Å². The summed E-state index contributed by atoms with van der Waals surface area (Å²) in [6.07, 6.45) is 2.57. The number of hydrogen-bond acceptors (Lipinski definition) is 2. The monoisotopic (exact) mass is 403 g/mol. The normalized spacial score (nSPS) is 29.1. The number of nitrogens with one attached hydrogen (secondary N) is 1. The average Bonchev–Trinajstić information content (AvgIpc) is 2.39. The molecule has 1 aliphatic rings. The molecule has 0 heterocycles. The minimum absolute atomic E-state index is 0.208. The highest BCUT2D eigenvalue weighted by molar-refractivity contribution is 9.11. The van der Waals surface area contributed by atoms with Crippen LogP contribution in [-0.2, 0) is 4.74 Å². The molecule has 0 aliphatic heterocycles. The van der Waals surface area contributed by atoms with Crippen molar-refractivity contribution in [3.05, 3.63) is 26.6 Å². The number of anilines is 1. The number of halogens is 2. The zero-order chi connectivity index (χ0) is 14.9. The molecule has 1 aliphatic carbocycles. The highest BCUT2D eigenvalue weighted by Crippen LogP contribution is 2.48. The van der Waals surface area contributed by atoms with Gasteiger partial charge in [-0.2, -0.15) is 0 Å². The van der Waals surface area contributed by atoms with Crippen LogP contribution in [0.1, 0.15) is 39.2 Å². The summed E-state index contributed by atoms with van der Waals surface area (Å²) in [5.41, 5.74) is 2.60. The van der Waals surface area contributed by atoms with E-state index in [9.17, 15) is 0 Å². The Hall–Kier alpha value is -0.0600. The van der Waals surface area contributed by atoms with Crippen molar-refractivity contribution in [3.63, 3.8) is 0 Å². The van der Waals surface area contributed by atoms with Gasteiger partial charge in [-0.25, -0.2) is 0 Å². The lowest BCUT2D eigenvalue weighted by Crippen LogP contribution is -2.59. The van der Waals surface area contributed by atoms with Crippen LogP contribution < -0.4 is 5.32 Å². The summed E-state index contributed by atoms with van der Waals surface area (Å²) in [5, 5.41) is 3.70. The predicted octanol–water partition coefficient (Wildman–Crippen LogP) is 5.53. The van der Waals surface area contributed by atoms with Crippen LogP contribution in [0.3, 0.4) is 0 Å². The van der Waals surface area contributed by atoms with Crippen LogP contribution in [0.15, 0.2) is 21.1 Å². The summed E-state index contributed by atoms with van der Waals surface area (Å²) in [6, 6.07) is 4.75. The molecule has 0 bridgehead atoms. The van der Waals surface area contributed by atoms with E-state index in [2.05, 4.69) is 77.0 Å². The van der Waals surface area contributed by atoms with Crippen LogP contribution in [0.5, 0.6) is 0 Å². The zero-order valence-corrected chi connectivity index (χ0v) is 15.8. The maximum atomic E-state index is 5.87. The van der Waals surface area contributed by atoms with Crippen molar-refractivity contribution in [2.45, 2.75) is 52.7 Å². The fourth-order valence-corrected chi connectivity index (χ4v) is 4.63. The second-order valence-electron chi connectivity index (χ2n) is 5.84. The molecule has 4 heteroatoms. The maximum Gasteiger partial charge on any atom is 0.0667 e. The number of hydrogen-bond donors (Lipinski definition) is 1. The Morgan fingerprint density at radius 2 is 1.90 bits per heavy atom. The molecule has 1 N–H and O–H groups in total. The number of ether oxygens (including phenoxy) is 1. The van der Waals surface area contributed by atoms with Crippen molar-refractivity contribution in [1.29, 1.82) is 0 Å². The summed E-state index contributed by atoms with van der Waals surface area (Å²) in [7, 11) is 0. The van der Waals surface area contributed by atoms with Crippen molar-refractivity contribution in [3.8, 4) is 0 Å². The average molecular weight is 405 g/mol. The molecule has 1 fully saturated rings. The first-order valence-electron chi connectivity index (χ1n) is 7.26. The van der Waals surface area contributed by atoms with E-state index in [-0.39, 0.29) is 5.41 Å². The lowest BCUT2D eigenvalue weighted by molar-refractivity contribution is -0.109. The summed E-state index contributed by atoms with van der Waals surface area (Å²) >= 11 is 7.32. The standard InChI is InChI=1S/C16H23Br2NO/c1-5-16(4)13(9-14(16)20-6-2)19-15-11(17)7-10(3)8-12(15)18/h7-8,13-14,19H,5-6,9H2,1-4H3. The number of benzene rings is 1. The highest BCUT2D eigenvalue weighted by Gasteiger charge is 2.51. The van der Waals surface area contributed by atoms with E-state index in [1.807, 2.05) is 0 Å². The SMILES string of the molecule is CCOC1CC(Nc2c(Br)cc(C)cc2Br)C1(C)CC. The van der Waals surface area contributed by atoms with Gasteiger partial charge in [0.05, 0.1) is 11.8 Å². The Labute approximate surface area is 138 Å². The van der Waals surface area contributed by atoms with Gasteiger partial charge in [0.1, 0.15) is 0 Å². The van der Waals surface area contributed by atoms with E-state index >= 15 is 0 Å². The molecule has 1 aromatic carbocycles. The Balaban J connectivity index is 2.16. The van der Waals surface area contributed by atoms with E-state index in [1.165, 1.54) is 5.56 Å². The van der Waals surface area contributed by atoms with Gasteiger partial charge in [0.2, 0.25) is 0 Å². The zero-order valence-electron chi connectivity index (χ0n) is 12.6. The van der Waals surface area contributed by atoms with Gasteiger partial charge in [0, 0.05) is 27.0 Å². The van der Waals surface area contributed by atoms with Crippen LogP contribution in [0.25, 0.3) is 0 Å². The summed E-state index contributed by atoms with van der Waals surface area (Å²) in [4.78, 5) is 0. The fourth-order valence-electron chi connectivity index (χ4n) is 2.99. The van der Waals surface area contributed by atoms with Crippen LogP contribution in [0.2, 0.25) is 0 Å². The van der Waals surface area contributed by atoms with Crippen LogP contribution in [-0.4, -0.2) is 18.8 Å². The number of rotatable bonds is 5. The molecule has 0 amide bonds. The Morgan fingerprint density at radius 3 is 2.40 bits per heavy atom. The van der Waals surface area contributed by atoms with E-state index in [1.54, 1.807) is 0 Å². The van der Waals surface area contributed by atoms with Crippen LogP contribution >= 0.6 is 31.9 Å². The van der Waals surface area contributed by atoms with E-state index in [4.69, 9.17) is 4.74 Å². The van der Waals surface area contributed by atoms with Crippen molar-refractivity contribution in [2.75, 3.05) is 11.9 Å². The summed E-state index contributed by atoms with van der Waals surface area (Å²) in [6.45, 7) is 9.54. The molecule has 0 aromatic heterocycles. The largest absolute Gasteiger partial charge is 0.380 e. The van der Waals surface area contributed by atoms with Crippen molar-refractivity contribution < 1.29 is 4.74 Å². The molecular formula is C16H23Br2NO. The second kappa shape index (κ2) is 6.37. The summed E-state index contributed by atoms with van der Waals surface area (Å²) in [5.74, 6) is 0. The molecule has 1 aromatic rings. The Bertz CT molecular complexity index is 468. The highest BCUT2D eigenvalue weighted by atomic mass is 79.9. The van der Waals surface area contributed by atoms with Gasteiger partial charge in [0.15, 0.2) is 0 Å². The molecule has 1 saturated carbocycles. The van der Waals surface area contributed by atoms with E-state index in [0.717, 1.165) is 34.1 Å². The van der Waals surface area contributed by atoms with Gasteiger partial charge >= 0.3 is 0 Å². The molecule has 2 nitrogen and oxygen atoms in total. The van der Waals surface area contributed by atoms with Gasteiger partial charge in [-0.05, 0) is 76.2 Å². The van der Waals surface area contributed by atoms with Gasteiger partial charge in [-0.3, -0.25) is 0 Å². The third kappa shape index (κ3) is 2.93. The quantitative estimate of drug-likeness (QED) is 0.696. The van der Waals surface area contributed by atoms with Crippen molar-refractivity contribution in [1.82, 2.24) is 0 Å². The van der Waals surface area contributed by atoms with Gasteiger partial charge in [-0.15, -0.1) is 0 Å². The molecular weight excluding hydrogens is 382 g/mol. The predicted molar refractivity (Wildman–Crippen MR) is 92.4 cm³/mol. The molecule has 20 heavy (non-hydrogen) atoms. The van der Waals surface area contributed by atoms with Crippen molar-refractivity contribution in [2.24, 2.45) is 5.41 Å². The Kier molecular flexibility index (Phi) is 5.19.